The average Bonchev–Trinajstić information content (AvgIpc) is 3.04. The molecule has 0 spiro atoms. The molecule has 2 aromatic rings. The Bertz CT molecular complexity index is 599. The summed E-state index contributed by atoms with van der Waals surface area (Å²) in [4.78, 5) is 7.05. The number of benzene rings is 1. The molecule has 0 saturated carbocycles. The molecule has 2 heterocycles. The van der Waals surface area contributed by atoms with E-state index in [0.29, 0.717) is 0 Å². The first-order chi connectivity index (χ1) is 10.3. The molecule has 1 aromatic heterocycles. The normalized spacial score (nSPS) is 15.6. The van der Waals surface area contributed by atoms with Crippen molar-refractivity contribution in [2.75, 3.05) is 19.6 Å². The first-order valence-electron chi connectivity index (χ1n) is 7.74. The fourth-order valence-electron chi connectivity index (χ4n) is 2.81. The number of hydrogen-bond acceptors (Lipinski definition) is 2. The second-order valence-electron chi connectivity index (χ2n) is 5.71. The summed E-state index contributed by atoms with van der Waals surface area (Å²) in [5, 5.41) is 0. The summed E-state index contributed by atoms with van der Waals surface area (Å²) >= 11 is 0. The van der Waals surface area contributed by atoms with Crippen LogP contribution in [0.1, 0.15) is 29.7 Å². The van der Waals surface area contributed by atoms with Crippen LogP contribution < -0.4 is 0 Å². The van der Waals surface area contributed by atoms with E-state index in [1.807, 2.05) is 12.3 Å². The molecule has 0 bridgehead atoms. The SMILES string of the molecule is Cc1ccc(/C(=C\CN2CCCC2)c2ccccn2)cc1.[AsH3]. The molecule has 1 unspecified atom stereocenters. The van der Waals surface area contributed by atoms with E-state index in [4.69, 9.17) is 0 Å². The molecule has 2 nitrogen and oxygen atoms in total. The van der Waals surface area contributed by atoms with Gasteiger partial charge in [0.25, 0.3) is 0 Å². The Morgan fingerprint density at radius 2 is 1.82 bits per heavy atom. The summed E-state index contributed by atoms with van der Waals surface area (Å²) in [6.45, 7) is 5.58. The zero-order valence-electron chi connectivity index (χ0n) is 13.3. The van der Waals surface area contributed by atoms with E-state index in [9.17, 15) is 0 Å². The number of likely N-dealkylation sites (tertiary alicyclic amines) is 1. The molecule has 0 amide bonds. The van der Waals surface area contributed by atoms with Crippen LogP contribution in [0.15, 0.2) is 54.7 Å². The summed E-state index contributed by atoms with van der Waals surface area (Å²) in [7, 11) is 0. The number of nitrogens with zero attached hydrogens (tertiary/aromatic N) is 2. The molecule has 3 heteroatoms. The zero-order valence-corrected chi connectivity index (χ0v) is 16.3. The van der Waals surface area contributed by atoms with Crippen LogP contribution >= 0.6 is 0 Å². The Balaban J connectivity index is 0.00000176. The van der Waals surface area contributed by atoms with Crippen LogP contribution in [-0.2, 0) is 0 Å². The van der Waals surface area contributed by atoms with Crippen LogP contribution in [0.2, 0.25) is 0 Å². The molecular formula is C19H25AsN2. The van der Waals surface area contributed by atoms with Gasteiger partial charge in [-0.1, -0.05) is 42.0 Å². The van der Waals surface area contributed by atoms with Gasteiger partial charge in [0.1, 0.15) is 0 Å². The Morgan fingerprint density at radius 1 is 1.09 bits per heavy atom. The maximum atomic E-state index is 4.54. The topological polar surface area (TPSA) is 16.1 Å². The van der Waals surface area contributed by atoms with E-state index >= 15 is 0 Å². The Hall–Kier alpha value is -1.37. The van der Waals surface area contributed by atoms with Crippen LogP contribution in [0.4, 0.5) is 0 Å². The monoisotopic (exact) mass is 356 g/mol. The second kappa shape index (κ2) is 8.31. The van der Waals surface area contributed by atoms with Crippen LogP contribution in [-0.4, -0.2) is 47.5 Å². The van der Waals surface area contributed by atoms with E-state index in [0.717, 1.165) is 12.2 Å². The summed E-state index contributed by atoms with van der Waals surface area (Å²) in [6, 6.07) is 14.8. The number of hydrogen-bond donors (Lipinski definition) is 0. The first-order valence-corrected chi connectivity index (χ1v) is 7.74. The molecule has 1 aliphatic heterocycles. The molecule has 1 fully saturated rings. The molecule has 1 atom stereocenters. The second-order valence-corrected chi connectivity index (χ2v) is 5.71. The molecular weight excluding hydrogens is 331 g/mol. The predicted octanol–water partition coefficient (Wildman–Crippen LogP) is 2.73. The van der Waals surface area contributed by atoms with Gasteiger partial charge in [-0.15, -0.1) is 0 Å². The van der Waals surface area contributed by atoms with Gasteiger partial charge in [0.15, 0.2) is 0 Å². The molecule has 1 aromatic carbocycles. The fraction of sp³-hybridized carbons (Fsp3) is 0.316. The number of rotatable bonds is 4. The van der Waals surface area contributed by atoms with Crippen molar-refractivity contribution in [2.24, 2.45) is 0 Å². The van der Waals surface area contributed by atoms with E-state index in [1.54, 1.807) is 0 Å². The fourth-order valence-corrected chi connectivity index (χ4v) is 2.81. The summed E-state index contributed by atoms with van der Waals surface area (Å²) in [6.07, 6.45) is 6.86. The van der Waals surface area contributed by atoms with Gasteiger partial charge in [0.05, 0.1) is 5.69 Å². The third-order valence-electron chi connectivity index (χ3n) is 4.06. The van der Waals surface area contributed by atoms with Gasteiger partial charge < -0.3 is 0 Å². The van der Waals surface area contributed by atoms with Gasteiger partial charge in [-0.3, -0.25) is 9.88 Å². The summed E-state index contributed by atoms with van der Waals surface area (Å²) in [5.74, 6) is 0. The summed E-state index contributed by atoms with van der Waals surface area (Å²) < 4.78 is 0. The Labute approximate surface area is 144 Å². The summed E-state index contributed by atoms with van der Waals surface area (Å²) in [5.41, 5.74) is 4.83. The number of aryl methyl sites for hydroxylation is 1. The quantitative estimate of drug-likeness (QED) is 0.784. The zero-order chi connectivity index (χ0) is 14.5. The molecule has 1 saturated heterocycles. The van der Waals surface area contributed by atoms with Crippen molar-refractivity contribution < 1.29 is 0 Å². The van der Waals surface area contributed by atoms with Crippen molar-refractivity contribution in [1.82, 2.24) is 9.88 Å². The van der Waals surface area contributed by atoms with E-state index < -0.39 is 0 Å². The maximum absolute atomic E-state index is 4.54. The molecule has 22 heavy (non-hydrogen) atoms. The van der Waals surface area contributed by atoms with Gasteiger partial charge in [0.2, 0.25) is 0 Å². The van der Waals surface area contributed by atoms with Crippen LogP contribution in [0, 0.1) is 6.92 Å². The van der Waals surface area contributed by atoms with Crippen molar-refractivity contribution in [3.8, 4) is 0 Å². The minimum atomic E-state index is 0. The van der Waals surface area contributed by atoms with Gasteiger partial charge in [-0.2, -0.15) is 0 Å². The Morgan fingerprint density at radius 3 is 2.45 bits per heavy atom. The van der Waals surface area contributed by atoms with Gasteiger partial charge >= 0.3 is 18.0 Å². The Kier molecular flexibility index (Phi) is 6.42. The standard InChI is InChI=1S/C19H22N2.AsH3/c1-16-7-9-17(10-8-16)18(19-6-2-3-12-20-19)11-15-21-13-4-5-14-21;/h2-3,6-12H,4-5,13-15H2,1H3;1H3/b18-11+;. The molecule has 0 N–H and O–H groups in total. The van der Waals surface area contributed by atoms with Crippen LogP contribution in [0.5, 0.6) is 0 Å². The molecule has 0 aliphatic carbocycles. The van der Waals surface area contributed by atoms with E-state index in [1.165, 1.54) is 42.6 Å². The van der Waals surface area contributed by atoms with Gasteiger partial charge in [-0.05, 0) is 50.6 Å². The molecule has 1 aliphatic rings. The van der Waals surface area contributed by atoms with E-state index in [2.05, 4.69) is 59.3 Å². The molecule has 3 rings (SSSR count). The van der Waals surface area contributed by atoms with Crippen molar-refractivity contribution in [2.45, 2.75) is 19.8 Å². The van der Waals surface area contributed by atoms with Crippen molar-refractivity contribution in [3.63, 3.8) is 0 Å². The number of aromatic nitrogens is 1. The van der Waals surface area contributed by atoms with Crippen LogP contribution in [0.3, 0.4) is 0 Å². The first kappa shape index (κ1) is 17.0. The average molecular weight is 356 g/mol. The third kappa shape index (κ3) is 4.31. The van der Waals surface area contributed by atoms with E-state index in [-0.39, 0.29) is 18.0 Å². The van der Waals surface area contributed by atoms with Crippen molar-refractivity contribution >= 4 is 23.5 Å². The number of pyridine rings is 1. The third-order valence-corrected chi connectivity index (χ3v) is 4.06. The minimum absolute atomic E-state index is 0. The molecule has 0 radical (unpaired) electrons. The van der Waals surface area contributed by atoms with Gasteiger partial charge in [0, 0.05) is 18.3 Å². The predicted molar refractivity (Wildman–Crippen MR) is 98.1 cm³/mol. The van der Waals surface area contributed by atoms with Crippen molar-refractivity contribution in [1.29, 1.82) is 0 Å². The van der Waals surface area contributed by atoms with Crippen LogP contribution in [0.25, 0.3) is 5.57 Å². The van der Waals surface area contributed by atoms with Gasteiger partial charge in [-0.25, -0.2) is 0 Å². The molecule has 116 valence electrons. The van der Waals surface area contributed by atoms with Crippen molar-refractivity contribution in [3.05, 3.63) is 71.6 Å².